The SMILES string of the molecule is CC(C)(C)C=C=Cc1cc(CCC(C)(C)C)ccc1O.CC(C)(C)C=C=Cc1ccc(CCC(C)(C)C)cc1O. The van der Waals surface area contributed by atoms with E-state index in [2.05, 4.69) is 107 Å². The van der Waals surface area contributed by atoms with Crippen molar-refractivity contribution in [2.75, 3.05) is 0 Å². The number of aryl methyl sites for hydroxylation is 2. The molecule has 0 fully saturated rings. The minimum atomic E-state index is 0.107. The first-order chi connectivity index (χ1) is 18.1. The molecule has 0 unspecified atom stereocenters. The summed E-state index contributed by atoms with van der Waals surface area (Å²) in [4.78, 5) is 0. The van der Waals surface area contributed by atoms with Gasteiger partial charge in [-0.05, 0) is 101 Å². The van der Waals surface area contributed by atoms with Crippen molar-refractivity contribution in [3.05, 3.63) is 82.3 Å². The third-order valence-corrected chi connectivity index (χ3v) is 6.02. The molecule has 0 aliphatic rings. The van der Waals surface area contributed by atoms with Gasteiger partial charge in [0.2, 0.25) is 0 Å². The van der Waals surface area contributed by atoms with Crippen molar-refractivity contribution >= 4 is 12.2 Å². The van der Waals surface area contributed by atoms with Crippen LogP contribution in [0.15, 0.2) is 60.0 Å². The van der Waals surface area contributed by atoms with Gasteiger partial charge < -0.3 is 10.2 Å². The van der Waals surface area contributed by atoms with E-state index in [1.807, 2.05) is 42.5 Å². The molecule has 0 saturated carbocycles. The summed E-state index contributed by atoms with van der Waals surface area (Å²) in [6, 6.07) is 11.8. The van der Waals surface area contributed by atoms with Crippen LogP contribution in [0.1, 0.15) is 118 Å². The quantitative estimate of drug-likeness (QED) is 0.355. The first-order valence-electron chi connectivity index (χ1n) is 14.6. The Morgan fingerprint density at radius 1 is 0.550 bits per heavy atom. The van der Waals surface area contributed by atoms with Crippen molar-refractivity contribution in [3.63, 3.8) is 0 Å². The molecular formula is C38H56O2. The van der Waals surface area contributed by atoms with Crippen molar-refractivity contribution < 1.29 is 10.2 Å². The molecule has 0 aliphatic carbocycles. The zero-order chi connectivity index (χ0) is 30.8. The predicted molar refractivity (Wildman–Crippen MR) is 176 cm³/mol. The van der Waals surface area contributed by atoms with Crippen molar-refractivity contribution in [1.82, 2.24) is 0 Å². The highest BCUT2D eigenvalue weighted by atomic mass is 16.3. The van der Waals surface area contributed by atoms with Crippen LogP contribution in [0.4, 0.5) is 0 Å². The van der Waals surface area contributed by atoms with Gasteiger partial charge in [0.1, 0.15) is 11.5 Å². The molecule has 0 atom stereocenters. The minimum absolute atomic E-state index is 0.107. The van der Waals surface area contributed by atoms with Crippen LogP contribution < -0.4 is 0 Å². The standard InChI is InChI=1S/2C19H28O/c1-18(2,3)12-7-8-16-14-15(9-10-17(16)20)11-13-19(4,5)6;1-18(2,3)12-7-8-16-10-9-15(14-17(16)20)11-13-19(4,5)6/h2*8-10,12,14,20H,11,13H2,1-6H3. The first kappa shape index (κ1) is 35.1. The lowest BCUT2D eigenvalue weighted by Crippen LogP contribution is -2.06. The fourth-order valence-electron chi connectivity index (χ4n) is 3.54. The zero-order valence-electron chi connectivity index (χ0n) is 27.5. The normalized spacial score (nSPS) is 11.9. The molecule has 2 aromatic rings. The first-order valence-corrected chi connectivity index (χ1v) is 14.6. The second kappa shape index (κ2) is 14.6. The molecular weight excluding hydrogens is 488 g/mol. The largest absolute Gasteiger partial charge is 0.507 e. The van der Waals surface area contributed by atoms with Crippen LogP contribution in [0.3, 0.4) is 0 Å². The Labute approximate surface area is 246 Å². The number of hydrogen-bond acceptors (Lipinski definition) is 2. The van der Waals surface area contributed by atoms with E-state index >= 15 is 0 Å². The maximum Gasteiger partial charge on any atom is 0.123 e. The van der Waals surface area contributed by atoms with Gasteiger partial charge in [0.05, 0.1) is 0 Å². The van der Waals surface area contributed by atoms with E-state index in [1.165, 1.54) is 11.1 Å². The zero-order valence-corrected chi connectivity index (χ0v) is 27.5. The molecule has 0 spiro atoms. The Hall–Kier alpha value is -2.92. The van der Waals surface area contributed by atoms with Crippen molar-refractivity contribution in [2.45, 2.75) is 109 Å². The van der Waals surface area contributed by atoms with E-state index in [9.17, 15) is 10.2 Å². The highest BCUT2D eigenvalue weighted by molar-refractivity contribution is 5.58. The van der Waals surface area contributed by atoms with Gasteiger partial charge in [-0.1, -0.05) is 101 Å². The fraction of sp³-hybridized carbons (Fsp3) is 0.526. The van der Waals surface area contributed by atoms with E-state index in [0.29, 0.717) is 22.3 Å². The number of phenolic OH excluding ortho intramolecular Hbond substituents is 2. The van der Waals surface area contributed by atoms with E-state index in [0.717, 1.165) is 36.8 Å². The average molecular weight is 545 g/mol. The molecule has 0 aliphatic heterocycles. The molecule has 0 amide bonds. The Morgan fingerprint density at radius 2 is 0.975 bits per heavy atom. The second-order valence-electron chi connectivity index (χ2n) is 15.6. The fourth-order valence-corrected chi connectivity index (χ4v) is 3.54. The van der Waals surface area contributed by atoms with Gasteiger partial charge in [-0.25, -0.2) is 0 Å². The second-order valence-corrected chi connectivity index (χ2v) is 15.6. The molecule has 2 aromatic carbocycles. The van der Waals surface area contributed by atoms with E-state index < -0.39 is 0 Å². The third-order valence-electron chi connectivity index (χ3n) is 6.02. The number of phenols is 2. The van der Waals surface area contributed by atoms with Gasteiger partial charge in [0.25, 0.3) is 0 Å². The molecule has 0 bridgehead atoms. The topological polar surface area (TPSA) is 40.5 Å². The number of hydrogen-bond donors (Lipinski definition) is 2. The van der Waals surface area contributed by atoms with Crippen LogP contribution in [0.5, 0.6) is 11.5 Å². The number of benzene rings is 2. The lowest BCUT2D eigenvalue weighted by Gasteiger charge is -2.17. The summed E-state index contributed by atoms with van der Waals surface area (Å²) >= 11 is 0. The van der Waals surface area contributed by atoms with Crippen molar-refractivity contribution in [1.29, 1.82) is 0 Å². The lowest BCUT2D eigenvalue weighted by molar-refractivity contribution is 0.377. The smallest absolute Gasteiger partial charge is 0.123 e. The van der Waals surface area contributed by atoms with E-state index in [4.69, 9.17) is 0 Å². The predicted octanol–water partition coefficient (Wildman–Crippen LogP) is 11.2. The lowest BCUT2D eigenvalue weighted by atomic mass is 9.88. The molecule has 0 heterocycles. The summed E-state index contributed by atoms with van der Waals surface area (Å²) in [7, 11) is 0. The maximum absolute atomic E-state index is 10.1. The molecule has 0 radical (unpaired) electrons. The van der Waals surface area contributed by atoms with Crippen molar-refractivity contribution in [3.8, 4) is 11.5 Å². The number of rotatable bonds is 6. The molecule has 40 heavy (non-hydrogen) atoms. The van der Waals surface area contributed by atoms with Gasteiger partial charge in [0.15, 0.2) is 0 Å². The van der Waals surface area contributed by atoms with Crippen LogP contribution >= 0.6 is 0 Å². The minimum Gasteiger partial charge on any atom is -0.507 e. The van der Waals surface area contributed by atoms with Gasteiger partial charge in [0, 0.05) is 11.1 Å². The van der Waals surface area contributed by atoms with Crippen molar-refractivity contribution in [2.24, 2.45) is 21.7 Å². The highest BCUT2D eigenvalue weighted by Crippen LogP contribution is 2.27. The summed E-state index contributed by atoms with van der Waals surface area (Å²) in [5.41, 5.74) is 11.3. The third kappa shape index (κ3) is 16.9. The van der Waals surface area contributed by atoms with Gasteiger partial charge >= 0.3 is 0 Å². The molecule has 2 rings (SSSR count). The Morgan fingerprint density at radius 3 is 1.40 bits per heavy atom. The Balaban J connectivity index is 0.000000400. The average Bonchev–Trinajstić information content (AvgIpc) is 2.77. The highest BCUT2D eigenvalue weighted by Gasteiger charge is 2.12. The van der Waals surface area contributed by atoms with E-state index in [1.54, 1.807) is 6.07 Å². The van der Waals surface area contributed by atoms with Crippen LogP contribution in [-0.4, -0.2) is 10.2 Å². The summed E-state index contributed by atoms with van der Waals surface area (Å²) < 4.78 is 0. The van der Waals surface area contributed by atoms with Gasteiger partial charge in [-0.2, -0.15) is 0 Å². The van der Waals surface area contributed by atoms with Gasteiger partial charge in [-0.15, -0.1) is 11.5 Å². The molecule has 2 nitrogen and oxygen atoms in total. The van der Waals surface area contributed by atoms with Crippen LogP contribution in [0.25, 0.3) is 12.2 Å². The van der Waals surface area contributed by atoms with E-state index in [-0.39, 0.29) is 10.8 Å². The number of allylic oxidation sites excluding steroid dienone is 2. The van der Waals surface area contributed by atoms with Gasteiger partial charge in [-0.3, -0.25) is 0 Å². The summed E-state index contributed by atoms with van der Waals surface area (Å²) in [6.07, 6.45) is 12.0. The summed E-state index contributed by atoms with van der Waals surface area (Å²) in [5, 5.41) is 20.0. The summed E-state index contributed by atoms with van der Waals surface area (Å²) in [6.45, 7) is 26.2. The van der Waals surface area contributed by atoms with Crippen LogP contribution in [0.2, 0.25) is 0 Å². The molecule has 2 heteroatoms. The molecule has 2 N–H and O–H groups in total. The van der Waals surface area contributed by atoms with Crippen LogP contribution in [0, 0.1) is 21.7 Å². The molecule has 0 saturated heterocycles. The Bertz CT molecular complexity index is 1200. The Kier molecular flexibility index (Phi) is 12.8. The molecule has 0 aromatic heterocycles. The number of aromatic hydroxyl groups is 2. The van der Waals surface area contributed by atoms with Crippen LogP contribution in [-0.2, 0) is 12.8 Å². The summed E-state index contributed by atoms with van der Waals surface area (Å²) in [5.74, 6) is 0.658. The molecule has 220 valence electrons. The monoisotopic (exact) mass is 544 g/mol. The maximum atomic E-state index is 10.1.